The second-order valence-electron chi connectivity index (χ2n) is 0.921. The zero-order chi connectivity index (χ0) is 7.00. The summed E-state index contributed by atoms with van der Waals surface area (Å²) < 4.78 is 44.7. The maximum Gasteiger partial charge on any atom is 0.424 e. The van der Waals surface area contributed by atoms with E-state index in [0.29, 0.717) is 0 Å². The summed E-state index contributed by atoms with van der Waals surface area (Å²) in [6, 6.07) is 0. The van der Waals surface area contributed by atoms with Gasteiger partial charge < -0.3 is 0 Å². The van der Waals surface area contributed by atoms with Crippen molar-refractivity contribution >= 4 is 26.0 Å². The highest BCUT2D eigenvalue weighted by Gasteiger charge is 2.40. The molecule has 0 radical (unpaired) electrons. The van der Waals surface area contributed by atoms with Crippen LogP contribution in [0.5, 0.6) is 0 Å². The van der Waals surface area contributed by atoms with Gasteiger partial charge in [-0.15, -0.1) is 0 Å². The van der Waals surface area contributed by atoms with Crippen molar-refractivity contribution in [2.75, 3.05) is 0 Å². The molecule has 8 heavy (non-hydrogen) atoms. The molecule has 0 aliphatic heterocycles. The van der Waals surface area contributed by atoms with Gasteiger partial charge in [-0.25, -0.2) is 0 Å². The average molecular weight is 211 g/mol. The molecule has 0 bridgehead atoms. The summed E-state index contributed by atoms with van der Waals surface area (Å²) in [5.74, 6) is 0. The first-order chi connectivity index (χ1) is 3.25. The van der Waals surface area contributed by atoms with Crippen molar-refractivity contribution in [2.24, 2.45) is 0 Å². The van der Waals surface area contributed by atoms with Crippen LogP contribution >= 0.6 is 15.9 Å². The Morgan fingerprint density at radius 2 is 1.62 bits per heavy atom. The first-order valence-electron chi connectivity index (χ1n) is 1.29. The lowest BCUT2D eigenvalue weighted by Gasteiger charge is -2.00. The van der Waals surface area contributed by atoms with Crippen LogP contribution in [0.1, 0.15) is 0 Å². The average Bonchev–Trinajstić information content (AvgIpc) is 1.25. The maximum absolute atomic E-state index is 11.3. The predicted octanol–water partition coefficient (Wildman–Crippen LogP) is 0.819. The quantitative estimate of drug-likeness (QED) is 0.515. The van der Waals surface area contributed by atoms with Crippen LogP contribution in [0.25, 0.3) is 0 Å². The van der Waals surface area contributed by atoms with Gasteiger partial charge in [-0.05, 0) is 0 Å². The fourth-order valence-electron chi connectivity index (χ4n) is 0. The molecule has 0 aromatic rings. The Hall–Kier alpha value is 0.250. The van der Waals surface area contributed by atoms with Crippen LogP contribution in [0.3, 0.4) is 0 Å². The Bertz CT molecular complexity index is 166. The van der Waals surface area contributed by atoms with E-state index in [4.69, 9.17) is 4.55 Å². The third kappa shape index (κ3) is 2.01. The second-order valence-corrected chi connectivity index (χ2v) is 3.90. The molecule has 0 rings (SSSR count). The first-order valence-corrected chi connectivity index (χ1v) is 3.52. The van der Waals surface area contributed by atoms with E-state index in [0.717, 1.165) is 0 Å². The lowest BCUT2D eigenvalue weighted by Crippen LogP contribution is -2.19. The van der Waals surface area contributed by atoms with E-state index in [-0.39, 0.29) is 0 Å². The molecule has 7 heteroatoms. The molecule has 3 nitrogen and oxygen atoms in total. The third-order valence-corrected chi connectivity index (χ3v) is 2.10. The maximum atomic E-state index is 11.3. The molecular weight excluding hydrogens is 210 g/mol. The van der Waals surface area contributed by atoms with E-state index in [9.17, 15) is 17.2 Å². The molecule has 0 heterocycles. The van der Waals surface area contributed by atoms with Crippen molar-refractivity contribution in [1.29, 1.82) is 0 Å². The molecule has 0 atom stereocenters. The molecule has 0 aromatic carbocycles. The SMILES string of the molecule is O=S(=O)(O)C(F)(F)Br. The van der Waals surface area contributed by atoms with Crippen molar-refractivity contribution in [3.05, 3.63) is 0 Å². The molecule has 0 spiro atoms. The number of alkyl halides is 3. The van der Waals surface area contributed by atoms with Gasteiger partial charge in [0, 0.05) is 15.9 Å². The van der Waals surface area contributed by atoms with Crippen LogP contribution in [-0.4, -0.2) is 17.1 Å². The number of halogens is 3. The van der Waals surface area contributed by atoms with Gasteiger partial charge in [0.15, 0.2) is 0 Å². The van der Waals surface area contributed by atoms with Gasteiger partial charge in [-0.2, -0.15) is 17.2 Å². The van der Waals surface area contributed by atoms with Gasteiger partial charge in [0.05, 0.1) is 0 Å². The van der Waals surface area contributed by atoms with Gasteiger partial charge in [-0.3, -0.25) is 4.55 Å². The summed E-state index contributed by atoms with van der Waals surface area (Å²) in [6.07, 6.45) is 0. The fraction of sp³-hybridized carbons (Fsp3) is 1.00. The molecule has 0 saturated carbocycles. The summed E-state index contributed by atoms with van der Waals surface area (Å²) in [4.78, 5) is 0. The molecule has 0 unspecified atom stereocenters. The molecule has 50 valence electrons. The highest BCUT2D eigenvalue weighted by molar-refractivity contribution is 9.11. The Balaban J connectivity index is 4.53. The van der Waals surface area contributed by atoms with E-state index in [1.807, 2.05) is 0 Å². The van der Waals surface area contributed by atoms with Crippen molar-refractivity contribution in [3.63, 3.8) is 0 Å². The summed E-state index contributed by atoms with van der Waals surface area (Å²) in [5, 5.41) is 0. The van der Waals surface area contributed by atoms with Crippen molar-refractivity contribution < 1.29 is 21.8 Å². The van der Waals surface area contributed by atoms with Crippen molar-refractivity contribution in [1.82, 2.24) is 0 Å². The van der Waals surface area contributed by atoms with Crippen LogP contribution in [0.4, 0.5) is 8.78 Å². The van der Waals surface area contributed by atoms with Crippen molar-refractivity contribution in [2.45, 2.75) is 4.16 Å². The van der Waals surface area contributed by atoms with E-state index in [1.54, 1.807) is 0 Å². The summed E-state index contributed by atoms with van der Waals surface area (Å²) in [5.41, 5.74) is 0. The zero-order valence-corrected chi connectivity index (χ0v) is 5.71. The summed E-state index contributed by atoms with van der Waals surface area (Å²) in [6.45, 7) is 0. The Labute approximate surface area is 52.6 Å². The summed E-state index contributed by atoms with van der Waals surface area (Å²) in [7, 11) is -5.26. The van der Waals surface area contributed by atoms with Crippen LogP contribution in [0.15, 0.2) is 0 Å². The number of hydrogen-bond acceptors (Lipinski definition) is 2. The number of rotatable bonds is 1. The van der Waals surface area contributed by atoms with Gasteiger partial charge in [-0.1, -0.05) is 0 Å². The molecule has 0 saturated heterocycles. The molecule has 1 N–H and O–H groups in total. The highest BCUT2D eigenvalue weighted by atomic mass is 79.9. The molecule has 0 aliphatic rings. The smallest absolute Gasteiger partial charge is 0.280 e. The molecule has 0 fully saturated rings. The first kappa shape index (κ1) is 8.25. The summed E-state index contributed by atoms with van der Waals surface area (Å²) >= 11 is 1.43. The van der Waals surface area contributed by atoms with Gasteiger partial charge in [0.2, 0.25) is 0 Å². The lowest BCUT2D eigenvalue weighted by molar-refractivity contribution is 0.188. The Morgan fingerprint density at radius 1 is 1.50 bits per heavy atom. The predicted molar refractivity (Wildman–Crippen MR) is 25.4 cm³/mol. The lowest BCUT2D eigenvalue weighted by atomic mass is 11.7. The van der Waals surface area contributed by atoms with Crippen LogP contribution in [0, 0.1) is 0 Å². The second kappa shape index (κ2) is 1.89. The fourth-order valence-corrected chi connectivity index (χ4v) is 0. The standard InChI is InChI=1S/CHBrF2O3S/c2-1(3,4)8(5,6)7/h(H,5,6,7). The minimum absolute atomic E-state index is 1.43. The highest BCUT2D eigenvalue weighted by Crippen LogP contribution is 2.26. The number of hydrogen-bond donors (Lipinski definition) is 1. The minimum atomic E-state index is -5.26. The van der Waals surface area contributed by atoms with Crippen LogP contribution in [0.2, 0.25) is 0 Å². The molecule has 0 amide bonds. The van der Waals surface area contributed by atoms with E-state index in [2.05, 4.69) is 0 Å². The van der Waals surface area contributed by atoms with Gasteiger partial charge >= 0.3 is 14.3 Å². The van der Waals surface area contributed by atoms with Crippen LogP contribution in [-0.2, 0) is 10.1 Å². The molecule has 0 aliphatic carbocycles. The Morgan fingerprint density at radius 3 is 1.62 bits per heavy atom. The minimum Gasteiger partial charge on any atom is -0.280 e. The van der Waals surface area contributed by atoms with Crippen LogP contribution < -0.4 is 0 Å². The Kier molecular flexibility index (Phi) is 1.95. The van der Waals surface area contributed by atoms with E-state index in [1.165, 1.54) is 15.9 Å². The van der Waals surface area contributed by atoms with E-state index < -0.39 is 14.3 Å². The third-order valence-electron chi connectivity index (χ3n) is 0.292. The van der Waals surface area contributed by atoms with Gasteiger partial charge in [0.1, 0.15) is 0 Å². The normalized spacial score (nSPS) is 14.0. The largest absolute Gasteiger partial charge is 0.424 e. The molecular formula is CHBrF2O3S. The monoisotopic (exact) mass is 210 g/mol. The van der Waals surface area contributed by atoms with Crippen molar-refractivity contribution in [3.8, 4) is 0 Å². The molecule has 0 aromatic heterocycles. The van der Waals surface area contributed by atoms with E-state index >= 15 is 0 Å². The topological polar surface area (TPSA) is 54.4 Å². The van der Waals surface area contributed by atoms with Gasteiger partial charge in [0.25, 0.3) is 0 Å². The zero-order valence-electron chi connectivity index (χ0n) is 3.31.